The van der Waals surface area contributed by atoms with Gasteiger partial charge in [0.05, 0.1) is 12.9 Å². The first kappa shape index (κ1) is 23.6. The van der Waals surface area contributed by atoms with E-state index in [1.807, 2.05) is 0 Å². The lowest BCUT2D eigenvalue weighted by molar-refractivity contribution is -0.110. The molecule has 0 amide bonds. The molecule has 12 nitrogen and oxygen atoms in total. The third-order valence-electron chi connectivity index (χ3n) is 3.24. The molecule has 3 N–H and O–H groups in total. The number of aromatic amines is 1. The minimum Gasteiger partial charge on any atom is -0.369 e. The number of nitrogens with one attached hydrogen (secondary N) is 1. The summed E-state index contributed by atoms with van der Waals surface area (Å²) in [6.45, 7) is 3.03. The van der Waals surface area contributed by atoms with Crippen molar-refractivity contribution in [2.75, 3.05) is 30.6 Å². The third-order valence-corrected chi connectivity index (χ3v) is 6.42. The van der Waals surface area contributed by atoms with Crippen molar-refractivity contribution < 1.29 is 27.9 Å². The summed E-state index contributed by atoms with van der Waals surface area (Å²) in [5.41, 5.74) is 5.52. The Hall–Kier alpha value is -1.70. The van der Waals surface area contributed by atoms with Crippen molar-refractivity contribution >= 4 is 58.5 Å². The summed E-state index contributed by atoms with van der Waals surface area (Å²) in [4.78, 5) is 44.1. The molecule has 0 aliphatic carbocycles. The summed E-state index contributed by atoms with van der Waals surface area (Å²) in [6.07, 6.45) is 1.03. The van der Waals surface area contributed by atoms with Crippen molar-refractivity contribution in [3.05, 3.63) is 16.7 Å². The van der Waals surface area contributed by atoms with Crippen LogP contribution < -0.4 is 11.3 Å². The van der Waals surface area contributed by atoms with Gasteiger partial charge in [-0.15, -0.1) is 0 Å². The topological polar surface area (TPSA) is 168 Å². The van der Waals surface area contributed by atoms with Crippen LogP contribution in [0.25, 0.3) is 11.2 Å². The van der Waals surface area contributed by atoms with Gasteiger partial charge in [-0.05, 0) is 0 Å². The molecule has 15 heteroatoms. The lowest BCUT2D eigenvalue weighted by Gasteiger charge is -2.17. The van der Waals surface area contributed by atoms with Gasteiger partial charge < -0.3 is 15.0 Å². The molecule has 0 unspecified atom stereocenters. The fourth-order valence-corrected chi connectivity index (χ4v) is 4.58. The summed E-state index contributed by atoms with van der Waals surface area (Å²) in [5, 5.41) is -0.409. The predicted octanol–water partition coefficient (Wildman–Crippen LogP) is 1.38. The molecule has 29 heavy (non-hydrogen) atoms. The highest BCUT2D eigenvalue weighted by Crippen LogP contribution is 2.49. The number of hydrogen-bond acceptors (Lipinski definition) is 12. The molecular formula is C14H20N5O7PS2. The van der Waals surface area contributed by atoms with Gasteiger partial charge in [0.15, 0.2) is 21.4 Å². The molecule has 0 atom stereocenters. The van der Waals surface area contributed by atoms with Crippen LogP contribution in [0.5, 0.6) is 0 Å². The Morgan fingerprint density at radius 2 is 1.86 bits per heavy atom. The van der Waals surface area contributed by atoms with Crippen LogP contribution in [0, 0.1) is 0 Å². The maximum Gasteiger partial charge on any atom is 0.357 e. The van der Waals surface area contributed by atoms with Crippen LogP contribution in [0.1, 0.15) is 13.8 Å². The Bertz CT molecular complexity index is 955. The van der Waals surface area contributed by atoms with Crippen LogP contribution in [0.15, 0.2) is 11.1 Å². The molecule has 0 radical (unpaired) electrons. The molecule has 0 aliphatic rings. The van der Waals surface area contributed by atoms with E-state index in [1.54, 1.807) is 4.57 Å². The van der Waals surface area contributed by atoms with Crippen LogP contribution in [-0.2, 0) is 34.5 Å². The Labute approximate surface area is 173 Å². The quantitative estimate of drug-likeness (QED) is 0.278. The van der Waals surface area contributed by atoms with Crippen molar-refractivity contribution in [2.24, 2.45) is 0 Å². The average Bonchev–Trinajstić information content (AvgIpc) is 3.01. The number of rotatable bonds is 11. The molecule has 0 aromatic carbocycles. The minimum absolute atomic E-state index is 0.0394. The highest BCUT2D eigenvalue weighted by Gasteiger charge is 2.26. The maximum atomic E-state index is 12.7. The molecule has 0 saturated heterocycles. The van der Waals surface area contributed by atoms with Crippen molar-refractivity contribution in [1.29, 1.82) is 0 Å². The van der Waals surface area contributed by atoms with E-state index in [-0.39, 0.29) is 53.1 Å². The normalized spacial score (nSPS) is 11.8. The zero-order valence-electron chi connectivity index (χ0n) is 15.7. The molecule has 0 aliphatic heterocycles. The number of anilines is 1. The Balaban J connectivity index is 1.92. The number of carbonyl (C=O) groups excluding carboxylic acids is 2. The second-order valence-electron chi connectivity index (χ2n) is 5.48. The Kier molecular flexibility index (Phi) is 8.86. The van der Waals surface area contributed by atoms with Crippen LogP contribution in [0.2, 0.25) is 0 Å². The average molecular weight is 465 g/mol. The molecule has 2 aromatic rings. The number of hydrogen-bond donors (Lipinski definition) is 2. The fourth-order valence-electron chi connectivity index (χ4n) is 1.96. The molecule has 0 bridgehead atoms. The van der Waals surface area contributed by atoms with Gasteiger partial charge in [-0.25, -0.2) is 4.98 Å². The highest BCUT2D eigenvalue weighted by atomic mass is 32.2. The van der Waals surface area contributed by atoms with Crippen molar-refractivity contribution in [3.8, 4) is 0 Å². The van der Waals surface area contributed by atoms with Crippen LogP contribution >= 0.6 is 31.1 Å². The molecule has 2 rings (SSSR count). The molecule has 2 heterocycles. The van der Waals surface area contributed by atoms with Gasteiger partial charge in [-0.1, -0.05) is 23.5 Å². The van der Waals surface area contributed by atoms with E-state index in [4.69, 9.17) is 19.5 Å². The van der Waals surface area contributed by atoms with Crippen molar-refractivity contribution in [3.63, 3.8) is 0 Å². The summed E-state index contributed by atoms with van der Waals surface area (Å²) < 4.78 is 30.1. The largest absolute Gasteiger partial charge is 0.369 e. The van der Waals surface area contributed by atoms with Gasteiger partial charge in [0.1, 0.15) is 18.2 Å². The Morgan fingerprint density at radius 3 is 2.45 bits per heavy atom. The van der Waals surface area contributed by atoms with E-state index in [2.05, 4.69) is 15.0 Å². The lowest BCUT2D eigenvalue weighted by Crippen LogP contribution is -2.13. The van der Waals surface area contributed by atoms with E-state index >= 15 is 0 Å². The fraction of sp³-hybridized carbons (Fsp3) is 0.500. The molecule has 2 aromatic heterocycles. The maximum absolute atomic E-state index is 12.7. The van der Waals surface area contributed by atoms with Crippen LogP contribution in [0.3, 0.4) is 0 Å². The van der Waals surface area contributed by atoms with Gasteiger partial charge in [0.2, 0.25) is 5.95 Å². The van der Waals surface area contributed by atoms with E-state index < -0.39 is 13.2 Å². The van der Waals surface area contributed by atoms with Gasteiger partial charge in [-0.2, -0.15) is 4.98 Å². The SMILES string of the molecule is CC(=O)SCOP(=O)(COCCn1cnc2c(=O)[nH]c(N)nc21)OCSC(C)=O. The van der Waals surface area contributed by atoms with E-state index in [1.165, 1.54) is 20.2 Å². The van der Waals surface area contributed by atoms with E-state index in [0.717, 1.165) is 23.5 Å². The second-order valence-corrected chi connectivity index (χ2v) is 9.67. The van der Waals surface area contributed by atoms with Gasteiger partial charge >= 0.3 is 7.60 Å². The second kappa shape index (κ2) is 10.9. The standard InChI is InChI=1S/C14H20N5O7PS2/c1-9(20)28-7-25-27(23,26-8-29-10(2)21)6-24-4-3-19-5-16-11-12(19)17-14(15)18-13(11)22/h5H,3-4,6-8H2,1-2H3,(H3,15,17,18,22). The first-order valence-corrected chi connectivity index (χ1v) is 11.8. The van der Waals surface area contributed by atoms with Gasteiger partial charge in [-0.3, -0.25) is 33.0 Å². The van der Waals surface area contributed by atoms with Crippen molar-refractivity contribution in [2.45, 2.75) is 20.4 Å². The number of ether oxygens (including phenoxy) is 1. The number of nitrogens with zero attached hydrogens (tertiary/aromatic N) is 3. The third kappa shape index (κ3) is 7.57. The van der Waals surface area contributed by atoms with E-state index in [9.17, 15) is 18.9 Å². The molecule has 0 saturated carbocycles. The molecule has 0 fully saturated rings. The number of imidazole rings is 1. The number of aromatic nitrogens is 4. The number of H-pyrrole nitrogens is 1. The Morgan fingerprint density at radius 1 is 1.24 bits per heavy atom. The monoisotopic (exact) mass is 465 g/mol. The summed E-state index contributed by atoms with van der Waals surface area (Å²) in [6, 6.07) is 0. The first-order valence-electron chi connectivity index (χ1n) is 8.13. The smallest absolute Gasteiger partial charge is 0.357 e. The number of nitrogens with two attached hydrogens (primary N) is 1. The van der Waals surface area contributed by atoms with Crippen LogP contribution in [-0.4, -0.2) is 54.6 Å². The molecule has 160 valence electrons. The van der Waals surface area contributed by atoms with E-state index in [0.29, 0.717) is 5.65 Å². The van der Waals surface area contributed by atoms with Crippen molar-refractivity contribution in [1.82, 2.24) is 19.5 Å². The zero-order valence-corrected chi connectivity index (χ0v) is 18.2. The van der Waals surface area contributed by atoms with Crippen LogP contribution in [0.4, 0.5) is 5.95 Å². The number of carbonyl (C=O) groups is 2. The van der Waals surface area contributed by atoms with Gasteiger partial charge in [0.25, 0.3) is 5.56 Å². The lowest BCUT2D eigenvalue weighted by atomic mass is 10.5. The number of thioether (sulfide) groups is 2. The predicted molar refractivity (Wildman–Crippen MR) is 109 cm³/mol. The summed E-state index contributed by atoms with van der Waals surface area (Å²) >= 11 is 1.66. The minimum atomic E-state index is -3.69. The molecule has 0 spiro atoms. The summed E-state index contributed by atoms with van der Waals surface area (Å²) in [7, 11) is -3.69. The summed E-state index contributed by atoms with van der Waals surface area (Å²) in [5.74, 6) is -0.375. The number of fused-ring (bicyclic) bond motifs is 1. The molecular weight excluding hydrogens is 445 g/mol. The highest BCUT2D eigenvalue weighted by molar-refractivity contribution is 8.13. The zero-order chi connectivity index (χ0) is 21.4. The number of nitrogen functional groups attached to an aromatic ring is 1. The van der Waals surface area contributed by atoms with Gasteiger partial charge in [0, 0.05) is 20.4 Å². The first-order chi connectivity index (χ1) is 13.7.